The highest BCUT2D eigenvalue weighted by Crippen LogP contribution is 2.02. The highest BCUT2D eigenvalue weighted by Gasteiger charge is 2.26. The predicted molar refractivity (Wildman–Crippen MR) is 102 cm³/mol. The number of thioether (sulfide) groups is 1. The Kier molecular flexibility index (Phi) is 9.56. The second kappa shape index (κ2) is 11.1. The normalized spacial score (nSPS) is 23.5. The molecule has 0 bridgehead atoms. The van der Waals surface area contributed by atoms with Gasteiger partial charge in [-0.1, -0.05) is 0 Å². The maximum atomic E-state index is 12.2. The molecule has 10 nitrogen and oxygen atoms in total. The standard InChI is InChI=1S/C15H26N4O6S2/c1-26-8-5-10-14(22)16-6-4-13(21)19-11(9-27(2,24)25)15(23)17-7-3-12(20)18-10/h10-11H,3-9H2,1-2H3,(H,16,22)(H,17,23)(H,18,20)(H,19,21)/t10-,11-/m0/s1. The summed E-state index contributed by atoms with van der Waals surface area (Å²) in [7, 11) is -3.52. The molecule has 1 fully saturated rings. The summed E-state index contributed by atoms with van der Waals surface area (Å²) in [6, 6.07) is -1.98. The summed E-state index contributed by atoms with van der Waals surface area (Å²) in [5.41, 5.74) is 0. The molecule has 0 saturated carbocycles. The van der Waals surface area contributed by atoms with Crippen molar-refractivity contribution in [2.24, 2.45) is 0 Å². The molecule has 1 heterocycles. The third-order valence-corrected chi connectivity index (χ3v) is 5.27. The predicted octanol–water partition coefficient (Wildman–Crippen LogP) is -2.22. The number of carbonyl (C=O) groups excluding carboxylic acids is 4. The molecule has 1 saturated heterocycles. The molecule has 0 radical (unpaired) electrons. The van der Waals surface area contributed by atoms with Crippen molar-refractivity contribution in [2.75, 3.05) is 37.1 Å². The van der Waals surface area contributed by atoms with Gasteiger partial charge in [0.15, 0.2) is 0 Å². The van der Waals surface area contributed by atoms with E-state index < -0.39 is 45.4 Å². The van der Waals surface area contributed by atoms with Gasteiger partial charge in [-0.25, -0.2) is 8.42 Å². The van der Waals surface area contributed by atoms with Gasteiger partial charge in [-0.05, 0) is 18.4 Å². The molecule has 0 unspecified atom stereocenters. The lowest BCUT2D eigenvalue weighted by Gasteiger charge is -2.21. The van der Waals surface area contributed by atoms with E-state index in [1.165, 1.54) is 11.8 Å². The fraction of sp³-hybridized carbons (Fsp3) is 0.733. The molecule has 12 heteroatoms. The van der Waals surface area contributed by atoms with E-state index in [0.29, 0.717) is 12.2 Å². The zero-order chi connectivity index (χ0) is 20.4. The average Bonchev–Trinajstić information content (AvgIpc) is 2.55. The van der Waals surface area contributed by atoms with Crippen molar-refractivity contribution >= 4 is 45.2 Å². The van der Waals surface area contributed by atoms with Crippen LogP contribution >= 0.6 is 11.8 Å². The van der Waals surface area contributed by atoms with Gasteiger partial charge in [-0.3, -0.25) is 19.2 Å². The van der Waals surface area contributed by atoms with Gasteiger partial charge in [0.1, 0.15) is 21.9 Å². The van der Waals surface area contributed by atoms with Crippen LogP contribution in [-0.2, 0) is 29.0 Å². The number of amides is 4. The van der Waals surface area contributed by atoms with Crippen molar-refractivity contribution < 1.29 is 27.6 Å². The van der Waals surface area contributed by atoms with E-state index >= 15 is 0 Å². The Balaban J connectivity index is 2.85. The lowest BCUT2D eigenvalue weighted by atomic mass is 10.2. The molecule has 0 aromatic carbocycles. The van der Waals surface area contributed by atoms with Crippen molar-refractivity contribution in [1.29, 1.82) is 0 Å². The molecule has 0 aliphatic carbocycles. The van der Waals surface area contributed by atoms with Crippen LogP contribution < -0.4 is 21.3 Å². The van der Waals surface area contributed by atoms with Crippen molar-refractivity contribution in [3.05, 3.63) is 0 Å². The molecule has 4 amide bonds. The second-order valence-electron chi connectivity index (χ2n) is 6.20. The first-order chi connectivity index (χ1) is 12.6. The maximum Gasteiger partial charge on any atom is 0.243 e. The highest BCUT2D eigenvalue weighted by atomic mass is 32.2. The molecular formula is C15H26N4O6S2. The maximum absolute atomic E-state index is 12.2. The molecule has 4 N–H and O–H groups in total. The molecule has 0 aromatic heterocycles. The number of nitrogens with one attached hydrogen (secondary N) is 4. The minimum absolute atomic E-state index is 0.00349. The van der Waals surface area contributed by atoms with Crippen LogP contribution in [0.25, 0.3) is 0 Å². The van der Waals surface area contributed by atoms with E-state index in [1.54, 1.807) is 0 Å². The number of sulfone groups is 1. The van der Waals surface area contributed by atoms with Gasteiger partial charge in [-0.2, -0.15) is 11.8 Å². The Labute approximate surface area is 162 Å². The number of hydrogen-bond acceptors (Lipinski definition) is 7. The number of hydrogen-bond donors (Lipinski definition) is 4. The molecule has 2 atom stereocenters. The molecule has 0 spiro atoms. The molecule has 1 rings (SSSR count). The lowest BCUT2D eigenvalue weighted by Crippen LogP contribution is -2.53. The van der Waals surface area contributed by atoms with Crippen LogP contribution in [0.3, 0.4) is 0 Å². The molecule has 1 aliphatic rings. The van der Waals surface area contributed by atoms with Crippen LogP contribution in [0.4, 0.5) is 0 Å². The van der Waals surface area contributed by atoms with E-state index in [-0.39, 0.29) is 31.8 Å². The third kappa shape index (κ3) is 9.61. The topological polar surface area (TPSA) is 151 Å². The summed E-state index contributed by atoms with van der Waals surface area (Å²) < 4.78 is 23.0. The largest absolute Gasteiger partial charge is 0.354 e. The summed E-state index contributed by atoms with van der Waals surface area (Å²) in [5, 5.41) is 10.0. The lowest BCUT2D eigenvalue weighted by molar-refractivity contribution is -0.131. The average molecular weight is 423 g/mol. The van der Waals surface area contributed by atoms with E-state index in [0.717, 1.165) is 6.26 Å². The number of rotatable bonds is 5. The smallest absolute Gasteiger partial charge is 0.243 e. The Hall–Kier alpha value is -1.82. The van der Waals surface area contributed by atoms with Crippen LogP contribution in [0.15, 0.2) is 0 Å². The Morgan fingerprint density at radius 2 is 1.41 bits per heavy atom. The summed E-state index contributed by atoms with van der Waals surface area (Å²) in [5.74, 6) is -1.92. The van der Waals surface area contributed by atoms with Gasteiger partial charge in [0, 0.05) is 32.2 Å². The van der Waals surface area contributed by atoms with Crippen molar-refractivity contribution in [1.82, 2.24) is 21.3 Å². The molecular weight excluding hydrogens is 396 g/mol. The third-order valence-electron chi connectivity index (χ3n) is 3.69. The Morgan fingerprint density at radius 3 is 1.89 bits per heavy atom. The van der Waals surface area contributed by atoms with Crippen LogP contribution in [-0.4, -0.2) is 81.2 Å². The minimum atomic E-state index is -3.52. The van der Waals surface area contributed by atoms with Crippen molar-refractivity contribution in [3.63, 3.8) is 0 Å². The first kappa shape index (κ1) is 23.2. The summed E-state index contributed by atoms with van der Waals surface area (Å²) in [6.45, 7) is -0.0405. The van der Waals surface area contributed by atoms with E-state index in [9.17, 15) is 27.6 Å². The zero-order valence-electron chi connectivity index (χ0n) is 15.4. The fourth-order valence-electron chi connectivity index (χ4n) is 2.37. The van der Waals surface area contributed by atoms with E-state index in [1.807, 2.05) is 6.26 Å². The van der Waals surface area contributed by atoms with Crippen molar-refractivity contribution in [2.45, 2.75) is 31.3 Å². The highest BCUT2D eigenvalue weighted by molar-refractivity contribution is 7.98. The van der Waals surface area contributed by atoms with E-state index in [4.69, 9.17) is 0 Å². The van der Waals surface area contributed by atoms with E-state index in [2.05, 4.69) is 21.3 Å². The molecule has 1 aliphatic heterocycles. The Morgan fingerprint density at radius 1 is 0.926 bits per heavy atom. The quantitative estimate of drug-likeness (QED) is 0.392. The van der Waals surface area contributed by atoms with Crippen LogP contribution in [0.5, 0.6) is 0 Å². The molecule has 0 aromatic rings. The van der Waals surface area contributed by atoms with Crippen LogP contribution in [0.2, 0.25) is 0 Å². The zero-order valence-corrected chi connectivity index (χ0v) is 17.0. The first-order valence-electron chi connectivity index (χ1n) is 8.43. The molecule has 154 valence electrons. The first-order valence-corrected chi connectivity index (χ1v) is 11.9. The molecule has 27 heavy (non-hydrogen) atoms. The van der Waals surface area contributed by atoms with Crippen molar-refractivity contribution in [3.8, 4) is 0 Å². The SMILES string of the molecule is CSCC[C@@H]1NC(=O)CCNC(=O)[C@H](CS(C)(=O)=O)NC(=O)CCNC1=O. The second-order valence-corrected chi connectivity index (χ2v) is 9.37. The Bertz CT molecular complexity index is 667. The van der Waals surface area contributed by atoms with Crippen LogP contribution in [0, 0.1) is 0 Å². The number of carbonyl (C=O) groups is 4. The van der Waals surface area contributed by atoms with Gasteiger partial charge in [0.2, 0.25) is 23.6 Å². The van der Waals surface area contributed by atoms with Gasteiger partial charge in [0.05, 0.1) is 5.75 Å². The summed E-state index contributed by atoms with van der Waals surface area (Å²) >= 11 is 1.54. The monoisotopic (exact) mass is 422 g/mol. The van der Waals surface area contributed by atoms with Gasteiger partial charge in [0.25, 0.3) is 0 Å². The van der Waals surface area contributed by atoms with Crippen LogP contribution in [0.1, 0.15) is 19.3 Å². The fourth-order valence-corrected chi connectivity index (χ4v) is 3.68. The summed E-state index contributed by atoms with van der Waals surface area (Å²) in [4.78, 5) is 48.4. The van der Waals surface area contributed by atoms with Gasteiger partial charge < -0.3 is 21.3 Å². The summed E-state index contributed by atoms with van der Waals surface area (Å²) in [6.07, 6.45) is 3.08. The van der Waals surface area contributed by atoms with Gasteiger partial charge >= 0.3 is 0 Å². The van der Waals surface area contributed by atoms with Gasteiger partial charge in [-0.15, -0.1) is 0 Å². The minimum Gasteiger partial charge on any atom is -0.354 e.